The quantitative estimate of drug-likeness (QED) is 0.344. The summed E-state index contributed by atoms with van der Waals surface area (Å²) in [5.41, 5.74) is 4.35. The molecule has 2 aromatic carbocycles. The molecule has 0 bridgehead atoms. The monoisotopic (exact) mass is 425 g/mol. The second kappa shape index (κ2) is 11.4. The minimum absolute atomic E-state index is 0.00526. The lowest BCUT2D eigenvalue weighted by Crippen LogP contribution is -2.26. The number of nitrogens with zero attached hydrogens (tertiary/aromatic N) is 3. The fourth-order valence-corrected chi connectivity index (χ4v) is 2.98. The van der Waals surface area contributed by atoms with E-state index in [4.69, 9.17) is 0 Å². The van der Waals surface area contributed by atoms with Crippen molar-refractivity contribution < 1.29 is 14.5 Å². The molecule has 0 saturated carbocycles. The third kappa shape index (κ3) is 6.91. The van der Waals surface area contributed by atoms with E-state index in [0.717, 1.165) is 24.3 Å². The molecule has 2 rings (SSSR count). The van der Waals surface area contributed by atoms with Crippen LogP contribution < -0.4 is 15.6 Å². The second-order valence-corrected chi connectivity index (χ2v) is 6.85. The first-order valence-electron chi connectivity index (χ1n) is 10.0. The molecule has 0 heterocycles. The lowest BCUT2D eigenvalue weighted by atomic mass is 10.2. The van der Waals surface area contributed by atoms with Gasteiger partial charge in [-0.25, -0.2) is 5.43 Å². The molecule has 31 heavy (non-hydrogen) atoms. The van der Waals surface area contributed by atoms with E-state index in [2.05, 4.69) is 34.6 Å². The molecule has 9 nitrogen and oxygen atoms in total. The molecule has 0 aliphatic carbocycles. The molecule has 9 heteroatoms. The van der Waals surface area contributed by atoms with Crippen molar-refractivity contribution in [3.63, 3.8) is 0 Å². The highest BCUT2D eigenvalue weighted by atomic mass is 16.6. The molecule has 2 aromatic rings. The van der Waals surface area contributed by atoms with Crippen molar-refractivity contribution in [1.29, 1.82) is 0 Å². The third-order valence-electron chi connectivity index (χ3n) is 4.66. The van der Waals surface area contributed by atoms with Crippen molar-refractivity contribution in [1.82, 2.24) is 10.7 Å². The average molecular weight is 425 g/mol. The predicted molar refractivity (Wildman–Crippen MR) is 120 cm³/mol. The maximum absolute atomic E-state index is 12.2. The molecule has 0 aliphatic rings. The Morgan fingerprint density at radius 3 is 2.32 bits per heavy atom. The molecule has 164 valence electrons. The van der Waals surface area contributed by atoms with Crippen molar-refractivity contribution >= 4 is 28.9 Å². The number of nitro groups is 1. The molecule has 0 fully saturated rings. The Morgan fingerprint density at radius 2 is 1.71 bits per heavy atom. The highest BCUT2D eigenvalue weighted by molar-refractivity contribution is 6.02. The number of amides is 2. The predicted octanol–water partition coefficient (Wildman–Crippen LogP) is 3.25. The van der Waals surface area contributed by atoms with E-state index in [1.54, 1.807) is 6.92 Å². The summed E-state index contributed by atoms with van der Waals surface area (Å²) in [4.78, 5) is 36.9. The topological polar surface area (TPSA) is 117 Å². The lowest BCUT2D eigenvalue weighted by molar-refractivity contribution is -0.385. The smallest absolute Gasteiger partial charge is 0.282 e. The molecule has 0 unspecified atom stereocenters. The molecule has 2 N–H and O–H groups in total. The van der Waals surface area contributed by atoms with Crippen molar-refractivity contribution in [2.75, 3.05) is 18.0 Å². The third-order valence-corrected chi connectivity index (χ3v) is 4.66. The molecular weight excluding hydrogens is 398 g/mol. The van der Waals surface area contributed by atoms with Crippen LogP contribution in [0.3, 0.4) is 0 Å². The zero-order valence-corrected chi connectivity index (χ0v) is 17.9. The molecule has 0 saturated heterocycles. The Labute approximate surface area is 181 Å². The van der Waals surface area contributed by atoms with E-state index in [9.17, 15) is 19.7 Å². The van der Waals surface area contributed by atoms with Gasteiger partial charge in [-0.05, 0) is 44.5 Å². The Kier molecular flexibility index (Phi) is 8.68. The Balaban J connectivity index is 1.86. The van der Waals surface area contributed by atoms with Gasteiger partial charge in [0, 0.05) is 37.1 Å². The number of hydrogen-bond acceptors (Lipinski definition) is 6. The van der Waals surface area contributed by atoms with Crippen LogP contribution in [0.1, 0.15) is 43.1 Å². The van der Waals surface area contributed by atoms with Gasteiger partial charge in [-0.1, -0.05) is 24.3 Å². The summed E-state index contributed by atoms with van der Waals surface area (Å²) in [6.45, 7) is 8.04. The van der Waals surface area contributed by atoms with Crippen LogP contribution in [0.4, 0.5) is 11.4 Å². The van der Waals surface area contributed by atoms with Crippen LogP contribution >= 0.6 is 0 Å². The van der Waals surface area contributed by atoms with E-state index >= 15 is 0 Å². The molecule has 0 atom stereocenters. The summed E-state index contributed by atoms with van der Waals surface area (Å²) in [5, 5.41) is 17.7. The van der Waals surface area contributed by atoms with Gasteiger partial charge in [-0.3, -0.25) is 19.7 Å². The fraction of sp³-hybridized carbons (Fsp3) is 0.318. The molecule has 0 radical (unpaired) electrons. The van der Waals surface area contributed by atoms with Crippen molar-refractivity contribution in [3.8, 4) is 0 Å². The standard InChI is InChI=1S/C22H27N5O4/c1-4-26(5-2)18-12-10-17(11-13-18)15-23-21(28)14-16(3)24-25-22(29)19-8-6-7-9-20(19)27(30)31/h6-13H,4-5,14-15H2,1-3H3,(H,23,28)(H,25,29)/b24-16+. The summed E-state index contributed by atoms with van der Waals surface area (Å²) in [6.07, 6.45) is -0.00526. The van der Waals surface area contributed by atoms with E-state index in [-0.39, 0.29) is 23.6 Å². The molecule has 0 aliphatic heterocycles. The van der Waals surface area contributed by atoms with Crippen LogP contribution in [-0.4, -0.2) is 35.5 Å². The summed E-state index contributed by atoms with van der Waals surface area (Å²) >= 11 is 0. The zero-order valence-electron chi connectivity index (χ0n) is 17.9. The summed E-state index contributed by atoms with van der Waals surface area (Å²) in [5.74, 6) is -0.950. The Bertz CT molecular complexity index is 953. The van der Waals surface area contributed by atoms with Crippen molar-refractivity contribution in [3.05, 3.63) is 69.8 Å². The molecule has 0 aromatic heterocycles. The largest absolute Gasteiger partial charge is 0.372 e. The van der Waals surface area contributed by atoms with Gasteiger partial charge in [0.15, 0.2) is 0 Å². The van der Waals surface area contributed by atoms with Gasteiger partial charge in [0.05, 0.1) is 11.3 Å². The van der Waals surface area contributed by atoms with Crippen molar-refractivity contribution in [2.45, 2.75) is 33.7 Å². The summed E-state index contributed by atoms with van der Waals surface area (Å²) in [7, 11) is 0. The highest BCUT2D eigenvalue weighted by Gasteiger charge is 2.18. The zero-order chi connectivity index (χ0) is 22.8. The van der Waals surface area contributed by atoms with Crippen LogP contribution in [0.5, 0.6) is 0 Å². The van der Waals surface area contributed by atoms with Gasteiger partial charge in [0.1, 0.15) is 5.56 Å². The molecule has 0 spiro atoms. The average Bonchev–Trinajstić information content (AvgIpc) is 2.77. The van der Waals surface area contributed by atoms with Crippen LogP contribution in [0, 0.1) is 10.1 Å². The number of anilines is 1. The molecular formula is C22H27N5O4. The number of carbonyl (C=O) groups is 2. The van der Waals surface area contributed by atoms with Crippen LogP contribution in [-0.2, 0) is 11.3 Å². The van der Waals surface area contributed by atoms with E-state index in [0.29, 0.717) is 12.3 Å². The highest BCUT2D eigenvalue weighted by Crippen LogP contribution is 2.17. The summed E-state index contributed by atoms with van der Waals surface area (Å²) < 4.78 is 0. The van der Waals surface area contributed by atoms with Gasteiger partial charge < -0.3 is 10.2 Å². The minimum atomic E-state index is -0.708. The van der Waals surface area contributed by atoms with Gasteiger partial charge in [-0.15, -0.1) is 0 Å². The van der Waals surface area contributed by atoms with Gasteiger partial charge in [0.25, 0.3) is 11.6 Å². The van der Waals surface area contributed by atoms with Crippen LogP contribution in [0.15, 0.2) is 53.6 Å². The van der Waals surface area contributed by atoms with Gasteiger partial charge in [-0.2, -0.15) is 5.10 Å². The van der Waals surface area contributed by atoms with E-state index < -0.39 is 10.8 Å². The van der Waals surface area contributed by atoms with Crippen LogP contribution in [0.25, 0.3) is 0 Å². The van der Waals surface area contributed by atoms with E-state index in [1.807, 2.05) is 24.3 Å². The minimum Gasteiger partial charge on any atom is -0.372 e. The van der Waals surface area contributed by atoms with E-state index in [1.165, 1.54) is 24.3 Å². The Hall–Kier alpha value is -3.75. The molecule has 2 amide bonds. The first kappa shape index (κ1) is 23.5. The van der Waals surface area contributed by atoms with Gasteiger partial charge in [0.2, 0.25) is 5.91 Å². The lowest BCUT2D eigenvalue weighted by Gasteiger charge is -2.21. The SMILES string of the molecule is CCN(CC)c1ccc(CNC(=O)C/C(C)=N/NC(=O)c2ccccc2[N+](=O)[O-])cc1. The number of benzene rings is 2. The number of hydrogen-bond donors (Lipinski definition) is 2. The first-order chi connectivity index (χ1) is 14.8. The summed E-state index contributed by atoms with van der Waals surface area (Å²) in [6, 6.07) is 13.6. The maximum Gasteiger partial charge on any atom is 0.282 e. The number of carbonyl (C=O) groups excluding carboxylic acids is 2. The number of para-hydroxylation sites is 1. The van der Waals surface area contributed by atoms with Crippen molar-refractivity contribution in [2.24, 2.45) is 5.10 Å². The maximum atomic E-state index is 12.2. The number of hydrazone groups is 1. The number of nitro benzene ring substituents is 1. The van der Waals surface area contributed by atoms with Gasteiger partial charge >= 0.3 is 0 Å². The Morgan fingerprint density at radius 1 is 1.06 bits per heavy atom. The first-order valence-corrected chi connectivity index (χ1v) is 10.0. The number of rotatable bonds is 10. The fourth-order valence-electron chi connectivity index (χ4n) is 2.98. The second-order valence-electron chi connectivity index (χ2n) is 6.85. The van der Waals surface area contributed by atoms with Crippen LogP contribution in [0.2, 0.25) is 0 Å². The number of nitrogens with one attached hydrogen (secondary N) is 2. The normalized spacial score (nSPS) is 11.0.